The van der Waals surface area contributed by atoms with Gasteiger partial charge in [-0.05, 0) is 18.1 Å². The third kappa shape index (κ3) is 5.15. The van der Waals surface area contributed by atoms with Crippen LogP contribution in [0.5, 0.6) is 5.75 Å². The number of aromatic nitrogens is 3. The fourth-order valence-electron chi connectivity index (χ4n) is 4.11. The maximum Gasteiger partial charge on any atom is 0.237 e. The van der Waals surface area contributed by atoms with Gasteiger partial charge in [-0.15, -0.1) is 22.6 Å². The van der Waals surface area contributed by atoms with Gasteiger partial charge in [0.25, 0.3) is 0 Å². The number of carbonyl (C=O) groups excluding carboxylic acids is 1. The van der Waals surface area contributed by atoms with Gasteiger partial charge in [0.15, 0.2) is 17.4 Å². The molecule has 3 aromatic rings. The van der Waals surface area contributed by atoms with Crippen LogP contribution in [0.3, 0.4) is 0 Å². The Bertz CT molecular complexity index is 1130. The van der Waals surface area contributed by atoms with Crippen LogP contribution >= 0.6 is 12.4 Å². The Morgan fingerprint density at radius 3 is 2.82 bits per heavy atom. The summed E-state index contributed by atoms with van der Waals surface area (Å²) in [4.78, 5) is 14.3. The molecular weight excluding hydrogens is 452 g/mol. The summed E-state index contributed by atoms with van der Waals surface area (Å²) < 4.78 is 36.1. The number of nitrogens with one attached hydrogen (secondary N) is 1. The van der Waals surface area contributed by atoms with Gasteiger partial charge in [0.05, 0.1) is 13.1 Å². The van der Waals surface area contributed by atoms with Crippen LogP contribution in [0, 0.1) is 11.6 Å². The minimum Gasteiger partial charge on any atom is -0.486 e. The average Bonchev–Trinajstić information content (AvgIpc) is 3.42. The molecule has 1 aromatic heterocycles. The highest BCUT2D eigenvalue weighted by atomic mass is 35.5. The second-order valence-corrected chi connectivity index (χ2v) is 8.17. The van der Waals surface area contributed by atoms with Crippen molar-refractivity contribution in [2.75, 3.05) is 13.1 Å². The lowest BCUT2D eigenvalue weighted by Gasteiger charge is -2.27. The van der Waals surface area contributed by atoms with Crippen LogP contribution in [0.2, 0.25) is 0 Å². The molecule has 0 radical (unpaired) electrons. The molecule has 0 bridgehead atoms. The number of ether oxygens (including phenoxy) is 1. The molecule has 2 aromatic carbocycles. The molecule has 1 N–H and O–H groups in total. The Morgan fingerprint density at radius 1 is 1.18 bits per heavy atom. The first-order valence-corrected chi connectivity index (χ1v) is 10.6. The average molecular weight is 476 g/mol. The number of hydrogen-bond acceptors (Lipinski definition) is 5. The number of hydrogen-bond donors (Lipinski definition) is 1. The Balaban J connectivity index is 0.00000259. The maximum absolute atomic E-state index is 14.5. The number of benzene rings is 2. The first-order valence-electron chi connectivity index (χ1n) is 10.6. The summed E-state index contributed by atoms with van der Waals surface area (Å²) in [5.41, 5.74) is 1.39. The van der Waals surface area contributed by atoms with Crippen molar-refractivity contribution in [3.63, 3.8) is 0 Å². The van der Waals surface area contributed by atoms with Gasteiger partial charge in [-0.25, -0.2) is 8.78 Å². The fourth-order valence-corrected chi connectivity index (χ4v) is 4.11. The summed E-state index contributed by atoms with van der Waals surface area (Å²) in [5, 5.41) is 11.1. The molecule has 0 saturated heterocycles. The summed E-state index contributed by atoms with van der Waals surface area (Å²) in [6.07, 6.45) is 2.35. The van der Waals surface area contributed by atoms with Gasteiger partial charge >= 0.3 is 0 Å². The molecule has 2 atom stereocenters. The Kier molecular flexibility index (Phi) is 6.90. The van der Waals surface area contributed by atoms with E-state index in [1.54, 1.807) is 11.2 Å². The van der Waals surface area contributed by atoms with Crippen molar-refractivity contribution in [1.29, 1.82) is 0 Å². The van der Waals surface area contributed by atoms with Gasteiger partial charge in [-0.2, -0.15) is 0 Å². The third-order valence-electron chi connectivity index (χ3n) is 5.96. The van der Waals surface area contributed by atoms with Gasteiger partial charge in [0.1, 0.15) is 18.8 Å². The standard InChI is InChI=1S/C23H23F2N5O2.ClH/c24-16-8-18(23(19(25)9-16)32-13-15-4-2-1-3-5-15)17-10-20(17)26-11-22(31)29-6-7-30-14-27-28-21(30)12-29;/h1-5,8-9,14,17,20,26H,6-7,10-13H2;1H/t17-,20+;/m0./s1. The molecule has 2 heterocycles. The molecule has 1 fully saturated rings. The molecule has 174 valence electrons. The SMILES string of the molecule is Cl.O=C(CN[C@@H]1C[C@H]1c1cc(F)cc(F)c1OCc1ccccc1)N1CCn2cnnc2C1. The number of fused-ring (bicyclic) bond motifs is 1. The predicted molar refractivity (Wildman–Crippen MR) is 119 cm³/mol. The molecule has 10 heteroatoms. The van der Waals surface area contributed by atoms with Crippen LogP contribution in [-0.2, 0) is 24.5 Å². The van der Waals surface area contributed by atoms with E-state index in [1.165, 1.54) is 6.07 Å². The molecule has 1 saturated carbocycles. The molecule has 33 heavy (non-hydrogen) atoms. The van der Waals surface area contributed by atoms with E-state index in [0.29, 0.717) is 31.6 Å². The van der Waals surface area contributed by atoms with E-state index in [1.807, 2.05) is 34.9 Å². The Morgan fingerprint density at radius 2 is 2.00 bits per heavy atom. The topological polar surface area (TPSA) is 72.3 Å². The van der Waals surface area contributed by atoms with Crippen molar-refractivity contribution in [2.24, 2.45) is 0 Å². The quantitative estimate of drug-likeness (QED) is 0.568. The van der Waals surface area contributed by atoms with Gasteiger partial charge in [0.2, 0.25) is 5.91 Å². The van der Waals surface area contributed by atoms with Crippen LogP contribution in [0.15, 0.2) is 48.8 Å². The summed E-state index contributed by atoms with van der Waals surface area (Å²) in [5.74, 6) is -0.645. The number of rotatable bonds is 7. The Labute approximate surface area is 196 Å². The molecule has 1 aliphatic carbocycles. The van der Waals surface area contributed by atoms with E-state index in [4.69, 9.17) is 4.74 Å². The number of carbonyl (C=O) groups is 1. The van der Waals surface area contributed by atoms with Crippen LogP contribution in [0.25, 0.3) is 0 Å². The molecule has 5 rings (SSSR count). The lowest BCUT2D eigenvalue weighted by atomic mass is 10.1. The first kappa shape index (κ1) is 23.1. The molecular formula is C23H24ClF2N5O2. The molecule has 0 spiro atoms. The number of amides is 1. The molecule has 7 nitrogen and oxygen atoms in total. The van der Waals surface area contributed by atoms with E-state index in [9.17, 15) is 13.6 Å². The van der Waals surface area contributed by atoms with Crippen LogP contribution < -0.4 is 10.1 Å². The monoisotopic (exact) mass is 475 g/mol. The highest BCUT2D eigenvalue weighted by molar-refractivity contribution is 5.85. The summed E-state index contributed by atoms with van der Waals surface area (Å²) in [6.45, 7) is 2.06. The fraction of sp³-hybridized carbons (Fsp3) is 0.348. The van der Waals surface area contributed by atoms with Crippen molar-refractivity contribution >= 4 is 18.3 Å². The van der Waals surface area contributed by atoms with Gasteiger partial charge < -0.3 is 19.5 Å². The van der Waals surface area contributed by atoms with Crippen LogP contribution in [0.4, 0.5) is 8.78 Å². The zero-order valence-electron chi connectivity index (χ0n) is 17.8. The molecule has 0 unspecified atom stereocenters. The molecule has 1 amide bonds. The van der Waals surface area contributed by atoms with E-state index < -0.39 is 11.6 Å². The van der Waals surface area contributed by atoms with E-state index in [2.05, 4.69) is 15.5 Å². The zero-order valence-corrected chi connectivity index (χ0v) is 18.6. The van der Waals surface area contributed by atoms with E-state index >= 15 is 0 Å². The zero-order chi connectivity index (χ0) is 22.1. The molecule has 2 aliphatic rings. The van der Waals surface area contributed by atoms with Crippen molar-refractivity contribution in [2.45, 2.75) is 38.1 Å². The second-order valence-electron chi connectivity index (χ2n) is 8.17. The van der Waals surface area contributed by atoms with Crippen molar-refractivity contribution in [3.05, 3.63) is 77.4 Å². The maximum atomic E-state index is 14.5. The normalized spacial score (nSPS) is 18.9. The Hall–Kier alpha value is -3.04. The second kappa shape index (κ2) is 9.84. The van der Waals surface area contributed by atoms with Gasteiger partial charge in [-0.3, -0.25) is 4.79 Å². The summed E-state index contributed by atoms with van der Waals surface area (Å²) >= 11 is 0. The van der Waals surface area contributed by atoms with E-state index in [0.717, 1.165) is 17.5 Å². The summed E-state index contributed by atoms with van der Waals surface area (Å²) in [7, 11) is 0. The lowest BCUT2D eigenvalue weighted by Crippen LogP contribution is -2.43. The minimum atomic E-state index is -0.713. The van der Waals surface area contributed by atoms with E-state index in [-0.39, 0.29) is 49.2 Å². The third-order valence-corrected chi connectivity index (χ3v) is 5.96. The summed E-state index contributed by atoms with van der Waals surface area (Å²) in [6, 6.07) is 11.6. The number of nitrogens with zero attached hydrogens (tertiary/aromatic N) is 4. The highest BCUT2D eigenvalue weighted by Gasteiger charge is 2.41. The van der Waals surface area contributed by atoms with Crippen molar-refractivity contribution in [3.8, 4) is 5.75 Å². The smallest absolute Gasteiger partial charge is 0.237 e. The van der Waals surface area contributed by atoms with Crippen molar-refractivity contribution in [1.82, 2.24) is 25.0 Å². The first-order chi connectivity index (χ1) is 15.6. The van der Waals surface area contributed by atoms with Gasteiger partial charge in [-0.1, -0.05) is 30.3 Å². The van der Waals surface area contributed by atoms with Crippen LogP contribution in [0.1, 0.15) is 29.3 Å². The highest BCUT2D eigenvalue weighted by Crippen LogP contribution is 2.46. The minimum absolute atomic E-state index is 0. The van der Waals surface area contributed by atoms with Gasteiger partial charge in [0, 0.05) is 36.7 Å². The predicted octanol–water partition coefficient (Wildman–Crippen LogP) is 3.05. The van der Waals surface area contributed by atoms with Crippen LogP contribution in [-0.4, -0.2) is 44.7 Å². The molecule has 1 aliphatic heterocycles. The number of halogens is 3. The van der Waals surface area contributed by atoms with Crippen molar-refractivity contribution < 1.29 is 18.3 Å². The lowest BCUT2D eigenvalue weighted by molar-refractivity contribution is -0.131. The largest absolute Gasteiger partial charge is 0.486 e.